The van der Waals surface area contributed by atoms with Crippen molar-refractivity contribution in [1.82, 2.24) is 10.2 Å². The van der Waals surface area contributed by atoms with Crippen LogP contribution in [0.3, 0.4) is 0 Å². The zero-order valence-electron chi connectivity index (χ0n) is 17.8. The fraction of sp³-hybridized carbons (Fsp3) is 0.417. The lowest BCUT2D eigenvalue weighted by atomic mass is 9.95. The molecular weight excluding hydrogens is 378 g/mol. The van der Waals surface area contributed by atoms with Crippen molar-refractivity contribution in [3.63, 3.8) is 0 Å². The molecule has 6 heteroatoms. The molecule has 1 fully saturated rings. The molecule has 1 aliphatic heterocycles. The largest absolute Gasteiger partial charge is 0.497 e. The molecule has 1 heterocycles. The smallest absolute Gasteiger partial charge is 0.237 e. The van der Waals surface area contributed by atoms with E-state index in [1.165, 1.54) is 0 Å². The molecule has 1 saturated heterocycles. The number of piperidine rings is 1. The molecule has 0 aromatic heterocycles. The molecule has 2 aromatic rings. The van der Waals surface area contributed by atoms with Gasteiger partial charge in [-0.2, -0.15) is 0 Å². The first-order valence-electron chi connectivity index (χ1n) is 10.6. The summed E-state index contributed by atoms with van der Waals surface area (Å²) in [6, 6.07) is 17.1. The van der Waals surface area contributed by atoms with Gasteiger partial charge in [0.1, 0.15) is 5.75 Å². The van der Waals surface area contributed by atoms with Crippen LogP contribution >= 0.6 is 0 Å². The van der Waals surface area contributed by atoms with E-state index in [9.17, 15) is 9.59 Å². The number of carbonyl (C=O) groups excluding carboxylic acids is 2. The van der Waals surface area contributed by atoms with E-state index in [1.807, 2.05) is 61.5 Å². The van der Waals surface area contributed by atoms with Crippen molar-refractivity contribution in [2.75, 3.05) is 32.1 Å². The molecule has 0 bridgehead atoms. The molecule has 0 unspecified atom stereocenters. The number of nitrogens with one attached hydrogen (secondary N) is 2. The molecule has 160 valence electrons. The van der Waals surface area contributed by atoms with Crippen molar-refractivity contribution >= 4 is 17.5 Å². The second kappa shape index (κ2) is 10.8. The van der Waals surface area contributed by atoms with E-state index in [1.54, 1.807) is 7.11 Å². The molecule has 0 spiro atoms. The first-order chi connectivity index (χ1) is 14.6. The van der Waals surface area contributed by atoms with Gasteiger partial charge in [-0.3, -0.25) is 14.5 Å². The average molecular weight is 410 g/mol. The number of methoxy groups -OCH3 is 1. The minimum absolute atomic E-state index is 0.00706. The molecule has 1 aliphatic rings. The molecule has 3 rings (SSSR count). The molecular formula is C24H31N3O3. The predicted octanol–water partition coefficient (Wildman–Crippen LogP) is 3.09. The van der Waals surface area contributed by atoms with Crippen LogP contribution in [0.25, 0.3) is 0 Å². The van der Waals surface area contributed by atoms with Crippen molar-refractivity contribution < 1.29 is 14.3 Å². The van der Waals surface area contributed by atoms with Crippen LogP contribution in [-0.4, -0.2) is 49.5 Å². The van der Waals surface area contributed by atoms with E-state index < -0.39 is 0 Å². The van der Waals surface area contributed by atoms with Crippen LogP contribution in [-0.2, 0) is 16.0 Å². The Morgan fingerprint density at radius 3 is 2.57 bits per heavy atom. The summed E-state index contributed by atoms with van der Waals surface area (Å²) in [6.45, 7) is 3.94. The topological polar surface area (TPSA) is 70.7 Å². The van der Waals surface area contributed by atoms with Crippen LogP contribution in [0.2, 0.25) is 0 Å². The molecule has 2 amide bonds. The first kappa shape index (κ1) is 21.8. The second-order valence-corrected chi connectivity index (χ2v) is 7.75. The number of para-hydroxylation sites is 1. The van der Waals surface area contributed by atoms with Crippen molar-refractivity contribution in [1.29, 1.82) is 0 Å². The van der Waals surface area contributed by atoms with Gasteiger partial charge >= 0.3 is 0 Å². The third kappa shape index (κ3) is 6.07. The highest BCUT2D eigenvalue weighted by Crippen LogP contribution is 2.20. The number of hydrogen-bond acceptors (Lipinski definition) is 4. The molecule has 30 heavy (non-hydrogen) atoms. The van der Waals surface area contributed by atoms with Crippen LogP contribution < -0.4 is 15.4 Å². The van der Waals surface area contributed by atoms with Crippen LogP contribution in [0.1, 0.15) is 25.3 Å². The quantitative estimate of drug-likeness (QED) is 0.703. The van der Waals surface area contributed by atoms with Crippen molar-refractivity contribution in [3.8, 4) is 5.75 Å². The number of amides is 2. The third-order valence-corrected chi connectivity index (χ3v) is 5.66. The summed E-state index contributed by atoms with van der Waals surface area (Å²) in [5.74, 6) is 0.756. The van der Waals surface area contributed by atoms with Gasteiger partial charge in [0.25, 0.3) is 0 Å². The van der Waals surface area contributed by atoms with Gasteiger partial charge < -0.3 is 15.4 Å². The fourth-order valence-corrected chi connectivity index (χ4v) is 3.77. The third-order valence-electron chi connectivity index (χ3n) is 5.66. The maximum atomic E-state index is 12.6. The summed E-state index contributed by atoms with van der Waals surface area (Å²) in [5.41, 5.74) is 1.96. The van der Waals surface area contributed by atoms with Crippen molar-refractivity contribution in [2.45, 2.75) is 32.2 Å². The Morgan fingerprint density at radius 1 is 1.13 bits per heavy atom. The number of benzene rings is 2. The van der Waals surface area contributed by atoms with E-state index >= 15 is 0 Å². The Kier molecular flexibility index (Phi) is 7.85. The summed E-state index contributed by atoms with van der Waals surface area (Å²) in [5, 5.41) is 6.01. The summed E-state index contributed by atoms with van der Waals surface area (Å²) in [6.07, 6.45) is 2.53. The van der Waals surface area contributed by atoms with E-state index in [4.69, 9.17) is 4.74 Å². The summed E-state index contributed by atoms with van der Waals surface area (Å²) >= 11 is 0. The Bertz CT molecular complexity index is 823. The van der Waals surface area contributed by atoms with Gasteiger partial charge in [-0.15, -0.1) is 0 Å². The molecule has 2 aromatic carbocycles. The number of likely N-dealkylation sites (tertiary alicyclic amines) is 1. The Hall–Kier alpha value is -2.86. The molecule has 0 saturated carbocycles. The lowest BCUT2D eigenvalue weighted by molar-refractivity contribution is -0.129. The van der Waals surface area contributed by atoms with Gasteiger partial charge in [-0.05, 0) is 62.6 Å². The highest BCUT2D eigenvalue weighted by atomic mass is 16.5. The predicted molar refractivity (Wildman–Crippen MR) is 119 cm³/mol. The van der Waals surface area contributed by atoms with E-state index in [2.05, 4.69) is 15.5 Å². The van der Waals surface area contributed by atoms with Gasteiger partial charge in [0, 0.05) is 18.8 Å². The van der Waals surface area contributed by atoms with Crippen LogP contribution in [0.15, 0.2) is 54.6 Å². The highest BCUT2D eigenvalue weighted by Gasteiger charge is 2.30. The number of ether oxygens (including phenoxy) is 1. The molecule has 2 N–H and O–H groups in total. The fourth-order valence-electron chi connectivity index (χ4n) is 3.77. The number of nitrogens with zero attached hydrogens (tertiary/aromatic N) is 1. The zero-order chi connectivity index (χ0) is 21.3. The standard InChI is InChI=1S/C24H31N3O3/c1-18(23(28)25-15-14-19-10-12-22(30-2)13-11-19)27-16-6-7-20(17-27)24(29)26-21-8-4-3-5-9-21/h3-5,8-13,18,20H,6-7,14-17H2,1-2H3,(H,25,28)(H,26,29)/t18-,20-/m0/s1. The summed E-state index contributed by atoms with van der Waals surface area (Å²) in [4.78, 5) is 27.4. The zero-order valence-corrected chi connectivity index (χ0v) is 17.8. The van der Waals surface area contributed by atoms with Gasteiger partial charge in [-0.25, -0.2) is 0 Å². The normalized spacial score (nSPS) is 17.7. The Morgan fingerprint density at radius 2 is 1.87 bits per heavy atom. The Labute approximate surface area is 178 Å². The first-order valence-corrected chi connectivity index (χ1v) is 10.6. The lowest BCUT2D eigenvalue weighted by Crippen LogP contribution is -2.51. The van der Waals surface area contributed by atoms with Gasteiger partial charge in [-0.1, -0.05) is 30.3 Å². The lowest BCUT2D eigenvalue weighted by Gasteiger charge is -2.35. The molecule has 6 nitrogen and oxygen atoms in total. The van der Waals surface area contributed by atoms with Crippen LogP contribution in [0.4, 0.5) is 5.69 Å². The van der Waals surface area contributed by atoms with Crippen molar-refractivity contribution in [3.05, 3.63) is 60.2 Å². The number of rotatable bonds is 8. The summed E-state index contributed by atoms with van der Waals surface area (Å²) < 4.78 is 5.17. The van der Waals surface area contributed by atoms with Gasteiger partial charge in [0.05, 0.1) is 19.1 Å². The number of anilines is 1. The van der Waals surface area contributed by atoms with E-state index in [0.717, 1.165) is 42.8 Å². The minimum atomic E-state index is -0.256. The van der Waals surface area contributed by atoms with Gasteiger partial charge in [0.2, 0.25) is 11.8 Å². The minimum Gasteiger partial charge on any atom is -0.497 e. The number of carbonyl (C=O) groups is 2. The SMILES string of the molecule is COc1ccc(CCNC(=O)[C@H](C)N2CCC[C@H](C(=O)Nc3ccccc3)C2)cc1. The number of hydrogen-bond donors (Lipinski definition) is 2. The van der Waals surface area contributed by atoms with Crippen LogP contribution in [0.5, 0.6) is 5.75 Å². The molecule has 0 aliphatic carbocycles. The molecule has 0 radical (unpaired) electrons. The maximum absolute atomic E-state index is 12.6. The second-order valence-electron chi connectivity index (χ2n) is 7.75. The highest BCUT2D eigenvalue weighted by molar-refractivity contribution is 5.92. The van der Waals surface area contributed by atoms with Crippen LogP contribution in [0, 0.1) is 5.92 Å². The maximum Gasteiger partial charge on any atom is 0.237 e. The Balaban J connectivity index is 1.45. The average Bonchev–Trinajstić information content (AvgIpc) is 2.79. The summed E-state index contributed by atoms with van der Waals surface area (Å²) in [7, 11) is 1.65. The van der Waals surface area contributed by atoms with Crippen molar-refractivity contribution in [2.24, 2.45) is 5.92 Å². The monoisotopic (exact) mass is 409 g/mol. The molecule has 2 atom stereocenters. The van der Waals surface area contributed by atoms with E-state index in [-0.39, 0.29) is 23.8 Å². The van der Waals surface area contributed by atoms with Gasteiger partial charge in [0.15, 0.2) is 0 Å². The van der Waals surface area contributed by atoms with E-state index in [0.29, 0.717) is 13.1 Å².